The summed E-state index contributed by atoms with van der Waals surface area (Å²) >= 11 is 6.53. The van der Waals surface area contributed by atoms with Gasteiger partial charge < -0.3 is 37.0 Å². The molecular formula is C36H99ClO9Si13. The lowest BCUT2D eigenvalue weighted by atomic mass is 10.6. The Labute approximate surface area is 386 Å². The van der Waals surface area contributed by atoms with Gasteiger partial charge in [-0.3, -0.25) is 0 Å². The summed E-state index contributed by atoms with van der Waals surface area (Å²) in [6, 6.07) is 6.92. The highest BCUT2D eigenvalue weighted by atomic mass is 35.5. The van der Waals surface area contributed by atoms with Gasteiger partial charge in [0.15, 0.2) is 74.9 Å². The molecule has 9 nitrogen and oxygen atoms in total. The van der Waals surface area contributed by atoms with Crippen molar-refractivity contribution in [2.75, 3.05) is 5.88 Å². The number of halogens is 1. The van der Waals surface area contributed by atoms with E-state index in [1.54, 1.807) is 0 Å². The Morgan fingerprint density at radius 3 is 0.610 bits per heavy atom. The van der Waals surface area contributed by atoms with Crippen LogP contribution >= 0.6 is 11.6 Å². The lowest BCUT2D eigenvalue weighted by molar-refractivity contribution is 0.190. The van der Waals surface area contributed by atoms with Gasteiger partial charge in [0.1, 0.15) is 0 Å². The highest BCUT2D eigenvalue weighted by Crippen LogP contribution is 2.37. The first-order valence-electron chi connectivity index (χ1n) is 22.4. The molecule has 0 aromatic heterocycles. The van der Waals surface area contributed by atoms with Crippen LogP contribution in [-0.4, -0.2) is 115 Å². The summed E-state index contributed by atoms with van der Waals surface area (Å²) in [7, 11) is -29.1. The molecule has 0 heterocycles. The Morgan fingerprint density at radius 2 is 0.441 bits per heavy atom. The lowest BCUT2D eigenvalue weighted by Crippen LogP contribution is -2.66. The largest absolute Gasteiger partial charge is 0.474 e. The zero-order valence-corrected chi connectivity index (χ0v) is 57.7. The molecule has 0 saturated carbocycles. The fourth-order valence-corrected chi connectivity index (χ4v) is 75.5. The molecule has 0 aliphatic rings. The second-order valence-corrected chi connectivity index (χ2v) is 79.8. The predicted molar refractivity (Wildman–Crippen MR) is 292 cm³/mol. The van der Waals surface area contributed by atoms with Gasteiger partial charge in [0.25, 0.3) is 0 Å². The molecule has 0 N–H and O–H groups in total. The van der Waals surface area contributed by atoms with Gasteiger partial charge >= 0.3 is 34.5 Å². The van der Waals surface area contributed by atoms with E-state index in [0.29, 0.717) is 18.3 Å². The second kappa shape index (κ2) is 22.2. The second-order valence-electron chi connectivity index (χ2n) is 25.0. The van der Waals surface area contributed by atoms with E-state index in [2.05, 4.69) is 177 Å². The topological polar surface area (TPSA) is 83.1 Å². The SMILES string of the molecule is C[Si](C)(C)O[Si](C)(C)CC[Si](C)(C)O[Si](C)(C)O[Si](CCCCl)(O[Si](C)(C)O[Si](C)(C)CC[Si](C)(C)O[Si](C)(C)C)O[Si](C)(C)O[Si](C)(C)CC[Si](C)(C)O[Si](C)(C)C. The van der Waals surface area contributed by atoms with E-state index in [1.165, 1.54) is 0 Å². The van der Waals surface area contributed by atoms with Gasteiger partial charge in [-0.25, -0.2) is 0 Å². The molecule has 0 bridgehead atoms. The van der Waals surface area contributed by atoms with Gasteiger partial charge in [0, 0.05) is 11.9 Å². The van der Waals surface area contributed by atoms with Crippen molar-refractivity contribution in [3.8, 4) is 0 Å². The predicted octanol–water partition coefficient (Wildman–Crippen LogP) is 14.5. The fraction of sp³-hybridized carbons (Fsp3) is 1.00. The van der Waals surface area contributed by atoms with Crippen molar-refractivity contribution in [1.82, 2.24) is 0 Å². The fourth-order valence-electron chi connectivity index (χ4n) is 8.28. The Bertz CT molecular complexity index is 1140. The number of alkyl halides is 1. The molecule has 0 aliphatic carbocycles. The van der Waals surface area contributed by atoms with Crippen LogP contribution in [-0.2, 0) is 37.0 Å². The Kier molecular flexibility index (Phi) is 23.3. The van der Waals surface area contributed by atoms with E-state index in [0.717, 1.165) is 36.3 Å². The van der Waals surface area contributed by atoms with Crippen LogP contribution in [0.3, 0.4) is 0 Å². The molecule has 356 valence electrons. The van der Waals surface area contributed by atoms with Crippen LogP contribution in [0, 0.1) is 0 Å². The summed E-state index contributed by atoms with van der Waals surface area (Å²) in [5.41, 5.74) is 0. The molecule has 23 heteroatoms. The van der Waals surface area contributed by atoms with Crippen LogP contribution in [0.1, 0.15) is 6.42 Å². The highest BCUT2D eigenvalue weighted by molar-refractivity contribution is 6.94. The van der Waals surface area contributed by atoms with Crippen LogP contribution in [0.15, 0.2) is 0 Å². The van der Waals surface area contributed by atoms with E-state index in [-0.39, 0.29) is 0 Å². The minimum absolute atomic E-state index is 0.491. The Hall–Kier alpha value is 2.75. The molecule has 0 spiro atoms. The summed E-state index contributed by atoms with van der Waals surface area (Å²) in [5.74, 6) is 0.491. The van der Waals surface area contributed by atoms with Gasteiger partial charge in [-0.1, -0.05) is 0 Å². The van der Waals surface area contributed by atoms with Crippen LogP contribution in [0.2, 0.25) is 219 Å². The zero-order valence-electron chi connectivity index (χ0n) is 43.9. The van der Waals surface area contributed by atoms with E-state index in [9.17, 15) is 0 Å². The minimum Gasteiger partial charge on any atom is -0.456 e. The van der Waals surface area contributed by atoms with Crippen LogP contribution < -0.4 is 0 Å². The third-order valence-electron chi connectivity index (χ3n) is 9.12. The monoisotopic (exact) mass is 1070 g/mol. The smallest absolute Gasteiger partial charge is 0.456 e. The first-order chi connectivity index (χ1) is 25.5. The van der Waals surface area contributed by atoms with Crippen molar-refractivity contribution in [1.29, 1.82) is 0 Å². The van der Waals surface area contributed by atoms with Crippen LogP contribution in [0.25, 0.3) is 0 Å². The molecular weight excluding hydrogens is 977 g/mol. The van der Waals surface area contributed by atoms with E-state index >= 15 is 0 Å². The van der Waals surface area contributed by atoms with Crippen molar-refractivity contribution in [3.63, 3.8) is 0 Å². The third kappa shape index (κ3) is 30.6. The van der Waals surface area contributed by atoms with Gasteiger partial charge in [-0.2, -0.15) is 0 Å². The molecule has 0 unspecified atom stereocenters. The third-order valence-corrected chi connectivity index (χ3v) is 56.7. The summed E-state index contributed by atoms with van der Waals surface area (Å²) < 4.78 is 64.6. The zero-order chi connectivity index (χ0) is 47.2. The first-order valence-corrected chi connectivity index (χ1v) is 62.2. The van der Waals surface area contributed by atoms with Crippen LogP contribution in [0.5, 0.6) is 0 Å². The van der Waals surface area contributed by atoms with Crippen molar-refractivity contribution >= 4 is 121 Å². The number of hydrogen-bond acceptors (Lipinski definition) is 9. The first kappa shape index (κ1) is 61.7. The van der Waals surface area contributed by atoms with Gasteiger partial charge in [-0.15, -0.1) is 11.6 Å². The summed E-state index contributed by atoms with van der Waals surface area (Å²) in [5, 5.41) is 0. The molecule has 59 heavy (non-hydrogen) atoms. The highest BCUT2D eigenvalue weighted by Gasteiger charge is 2.57. The summed E-state index contributed by atoms with van der Waals surface area (Å²) in [6.07, 6.45) is 0.713. The van der Waals surface area contributed by atoms with Crippen molar-refractivity contribution in [3.05, 3.63) is 0 Å². The Morgan fingerprint density at radius 1 is 0.254 bits per heavy atom. The molecule has 0 rings (SSSR count). The summed E-state index contributed by atoms with van der Waals surface area (Å²) in [4.78, 5) is 0. The lowest BCUT2D eigenvalue weighted by Gasteiger charge is -2.47. The molecule has 0 aromatic carbocycles. The minimum atomic E-state index is -3.54. The molecule has 0 amide bonds. The van der Waals surface area contributed by atoms with Crippen LogP contribution in [0.4, 0.5) is 0 Å². The maximum Gasteiger partial charge on any atom is 0.474 e. The average molecular weight is 1080 g/mol. The average Bonchev–Trinajstić information content (AvgIpc) is 2.87. The van der Waals surface area contributed by atoms with Gasteiger partial charge in [0.05, 0.1) is 0 Å². The molecule has 0 aliphatic heterocycles. The number of rotatable bonds is 30. The van der Waals surface area contributed by atoms with Crippen molar-refractivity contribution < 1.29 is 37.0 Å². The number of hydrogen-bond donors (Lipinski definition) is 0. The normalized spacial score (nSPS) is 15.7. The molecule has 0 atom stereocenters. The Balaban J connectivity index is 6.92. The maximum absolute atomic E-state index is 7.51. The van der Waals surface area contributed by atoms with E-state index in [4.69, 9.17) is 48.6 Å². The van der Waals surface area contributed by atoms with Crippen molar-refractivity contribution in [2.24, 2.45) is 0 Å². The van der Waals surface area contributed by atoms with E-state index in [1.807, 2.05) is 0 Å². The molecule has 0 saturated heterocycles. The van der Waals surface area contributed by atoms with E-state index < -0.39 is 109 Å². The van der Waals surface area contributed by atoms with Gasteiger partial charge in [-0.05, 0) is 219 Å². The molecule has 0 radical (unpaired) electrons. The summed E-state index contributed by atoms with van der Waals surface area (Å²) in [6.45, 7) is 62.0. The standard InChI is InChI=1S/C36H99ClO9Si13/c1-47(2,3)38-50(10,11)31-34-53(16,17)41-56(22,23)44-59(30-28-29-37,45-57(24,25)42-54(18,19)35-32-51(12,13)39-48(4,5)6)46-58(26,27)43-55(20,21)36-33-52(14,15)40-49(7,8)9/h28-36H2,1-27H3. The molecule has 0 aromatic rings. The quantitative estimate of drug-likeness (QED) is 0.0516. The maximum atomic E-state index is 7.51. The van der Waals surface area contributed by atoms with Gasteiger partial charge in [0.2, 0.25) is 0 Å². The van der Waals surface area contributed by atoms with Crippen molar-refractivity contribution in [2.45, 2.75) is 225 Å². The molecule has 0 fully saturated rings.